The first-order valence-corrected chi connectivity index (χ1v) is 8.62. The normalized spacial score (nSPS) is 17.5. The number of carbonyl (C=O) groups excluding carboxylic acids is 1. The minimum atomic E-state index is -0.0374. The van der Waals surface area contributed by atoms with E-state index in [2.05, 4.69) is 17.0 Å². The SMILES string of the molecule is CN(C)CC1(CO)CCN(C(=O)CCCc2ccccc2)CC1. The highest BCUT2D eigenvalue weighted by Gasteiger charge is 2.35. The zero-order valence-corrected chi connectivity index (χ0v) is 14.5. The number of aliphatic hydroxyl groups is 1. The van der Waals surface area contributed by atoms with Crippen LogP contribution in [-0.4, -0.2) is 61.2 Å². The topological polar surface area (TPSA) is 43.8 Å². The molecule has 23 heavy (non-hydrogen) atoms. The van der Waals surface area contributed by atoms with Gasteiger partial charge in [-0.2, -0.15) is 0 Å². The number of aryl methyl sites for hydroxylation is 1. The van der Waals surface area contributed by atoms with Crippen molar-refractivity contribution in [3.63, 3.8) is 0 Å². The Morgan fingerprint density at radius 2 is 1.87 bits per heavy atom. The summed E-state index contributed by atoms with van der Waals surface area (Å²) in [6, 6.07) is 10.3. The molecule has 128 valence electrons. The van der Waals surface area contributed by atoms with Gasteiger partial charge in [0.25, 0.3) is 0 Å². The van der Waals surface area contributed by atoms with Gasteiger partial charge in [-0.15, -0.1) is 0 Å². The van der Waals surface area contributed by atoms with Crippen LogP contribution < -0.4 is 0 Å². The summed E-state index contributed by atoms with van der Waals surface area (Å²) >= 11 is 0. The fraction of sp³-hybridized carbons (Fsp3) is 0.632. The van der Waals surface area contributed by atoms with Crippen LogP contribution in [0.25, 0.3) is 0 Å². The summed E-state index contributed by atoms with van der Waals surface area (Å²) in [4.78, 5) is 16.5. The molecule has 2 rings (SSSR count). The van der Waals surface area contributed by atoms with E-state index in [9.17, 15) is 9.90 Å². The zero-order valence-electron chi connectivity index (χ0n) is 14.5. The average Bonchev–Trinajstić information content (AvgIpc) is 2.56. The van der Waals surface area contributed by atoms with E-state index in [1.165, 1.54) is 5.56 Å². The molecular formula is C19H30N2O2. The molecule has 0 unspecified atom stereocenters. The second-order valence-corrected chi connectivity index (χ2v) is 7.12. The van der Waals surface area contributed by atoms with Crippen LogP contribution in [-0.2, 0) is 11.2 Å². The summed E-state index contributed by atoms with van der Waals surface area (Å²) in [6.07, 6.45) is 4.27. The number of benzene rings is 1. The highest BCUT2D eigenvalue weighted by molar-refractivity contribution is 5.76. The second-order valence-electron chi connectivity index (χ2n) is 7.12. The van der Waals surface area contributed by atoms with Crippen molar-refractivity contribution in [1.29, 1.82) is 0 Å². The van der Waals surface area contributed by atoms with Crippen LogP contribution in [0.3, 0.4) is 0 Å². The van der Waals surface area contributed by atoms with Gasteiger partial charge in [0.2, 0.25) is 5.91 Å². The third-order valence-corrected chi connectivity index (χ3v) is 4.86. The molecule has 1 aromatic carbocycles. The first-order chi connectivity index (χ1) is 11.0. The summed E-state index contributed by atoms with van der Waals surface area (Å²) < 4.78 is 0. The third kappa shape index (κ3) is 5.33. The van der Waals surface area contributed by atoms with Crippen molar-refractivity contribution in [2.45, 2.75) is 32.1 Å². The Morgan fingerprint density at radius 3 is 2.43 bits per heavy atom. The van der Waals surface area contributed by atoms with Gasteiger partial charge >= 0.3 is 0 Å². The number of aliphatic hydroxyl groups excluding tert-OH is 1. The summed E-state index contributed by atoms with van der Waals surface area (Å²) in [6.45, 7) is 2.65. The number of rotatable bonds is 7. The van der Waals surface area contributed by atoms with Gasteiger partial charge in [0.05, 0.1) is 6.61 Å². The lowest BCUT2D eigenvalue weighted by Gasteiger charge is -2.42. The number of amides is 1. The van der Waals surface area contributed by atoms with Crippen LogP contribution in [0, 0.1) is 5.41 Å². The Hall–Kier alpha value is -1.39. The van der Waals surface area contributed by atoms with Gasteiger partial charge < -0.3 is 14.9 Å². The molecule has 1 aliphatic rings. The van der Waals surface area contributed by atoms with Crippen molar-refractivity contribution >= 4 is 5.91 Å². The number of hydrogen-bond donors (Lipinski definition) is 1. The van der Waals surface area contributed by atoms with Crippen LogP contribution in [0.1, 0.15) is 31.2 Å². The fourth-order valence-corrected chi connectivity index (χ4v) is 3.51. The molecular weight excluding hydrogens is 288 g/mol. The zero-order chi connectivity index (χ0) is 16.7. The molecule has 1 heterocycles. The van der Waals surface area contributed by atoms with Gasteiger partial charge in [-0.1, -0.05) is 30.3 Å². The molecule has 4 nitrogen and oxygen atoms in total. The molecule has 1 amide bonds. The molecule has 0 bridgehead atoms. The average molecular weight is 318 g/mol. The third-order valence-electron chi connectivity index (χ3n) is 4.86. The maximum atomic E-state index is 12.4. The van der Waals surface area contributed by atoms with E-state index >= 15 is 0 Å². The van der Waals surface area contributed by atoms with E-state index in [0.29, 0.717) is 6.42 Å². The molecule has 0 aliphatic carbocycles. The van der Waals surface area contributed by atoms with Crippen LogP contribution in [0.2, 0.25) is 0 Å². The van der Waals surface area contributed by atoms with Gasteiger partial charge in [-0.25, -0.2) is 0 Å². The molecule has 0 spiro atoms. The highest BCUT2D eigenvalue weighted by Crippen LogP contribution is 2.31. The van der Waals surface area contributed by atoms with Crippen molar-refractivity contribution in [1.82, 2.24) is 9.80 Å². The lowest BCUT2D eigenvalue weighted by Crippen LogP contribution is -2.48. The lowest BCUT2D eigenvalue weighted by molar-refractivity contribution is -0.134. The Balaban J connectivity index is 1.75. The van der Waals surface area contributed by atoms with Crippen molar-refractivity contribution in [3.8, 4) is 0 Å². The lowest BCUT2D eigenvalue weighted by atomic mass is 9.78. The van der Waals surface area contributed by atoms with Crippen molar-refractivity contribution in [2.75, 3.05) is 40.3 Å². The molecule has 1 aromatic rings. The largest absolute Gasteiger partial charge is 0.396 e. The van der Waals surface area contributed by atoms with E-state index in [1.54, 1.807) is 0 Å². The summed E-state index contributed by atoms with van der Waals surface area (Å²) in [7, 11) is 4.08. The minimum Gasteiger partial charge on any atom is -0.396 e. The minimum absolute atomic E-state index is 0.0374. The molecule has 0 radical (unpaired) electrons. The monoisotopic (exact) mass is 318 g/mol. The van der Waals surface area contributed by atoms with Crippen molar-refractivity contribution in [2.24, 2.45) is 5.41 Å². The number of nitrogens with zero attached hydrogens (tertiary/aromatic N) is 2. The van der Waals surface area contributed by atoms with Crippen molar-refractivity contribution < 1.29 is 9.90 Å². The molecule has 4 heteroatoms. The predicted octanol–water partition coefficient (Wildman–Crippen LogP) is 2.17. The Kier molecular flexibility index (Phi) is 6.60. The van der Waals surface area contributed by atoms with Crippen LogP contribution in [0.4, 0.5) is 0 Å². The van der Waals surface area contributed by atoms with Crippen LogP contribution >= 0.6 is 0 Å². The molecule has 1 saturated heterocycles. The molecule has 1 fully saturated rings. The van der Waals surface area contributed by atoms with Crippen LogP contribution in [0.5, 0.6) is 0 Å². The van der Waals surface area contributed by atoms with E-state index in [4.69, 9.17) is 0 Å². The number of carbonyl (C=O) groups is 1. The standard InChI is InChI=1S/C19H30N2O2/c1-20(2)15-19(16-22)11-13-21(14-12-19)18(23)10-6-9-17-7-4-3-5-8-17/h3-5,7-8,22H,6,9-16H2,1-2H3. The first kappa shape index (κ1) is 18.0. The quantitative estimate of drug-likeness (QED) is 0.838. The second kappa shape index (κ2) is 8.46. The van der Waals surface area contributed by atoms with E-state index in [-0.39, 0.29) is 17.9 Å². The number of likely N-dealkylation sites (tertiary alicyclic amines) is 1. The fourth-order valence-electron chi connectivity index (χ4n) is 3.51. The maximum Gasteiger partial charge on any atom is 0.222 e. The molecule has 1 N–H and O–H groups in total. The summed E-state index contributed by atoms with van der Waals surface area (Å²) in [5, 5.41) is 9.75. The highest BCUT2D eigenvalue weighted by atomic mass is 16.3. The maximum absolute atomic E-state index is 12.4. The number of hydrogen-bond acceptors (Lipinski definition) is 3. The van der Waals surface area contributed by atoms with E-state index in [0.717, 1.165) is 45.3 Å². The Bertz CT molecular complexity index is 479. The summed E-state index contributed by atoms with van der Waals surface area (Å²) in [5.41, 5.74) is 1.26. The summed E-state index contributed by atoms with van der Waals surface area (Å²) in [5.74, 6) is 0.261. The van der Waals surface area contributed by atoms with E-state index < -0.39 is 0 Å². The van der Waals surface area contributed by atoms with Crippen LogP contribution in [0.15, 0.2) is 30.3 Å². The molecule has 0 atom stereocenters. The molecule has 0 aromatic heterocycles. The van der Waals surface area contributed by atoms with Gasteiger partial charge in [0, 0.05) is 31.5 Å². The van der Waals surface area contributed by atoms with Gasteiger partial charge in [-0.05, 0) is 45.3 Å². The Morgan fingerprint density at radius 1 is 1.22 bits per heavy atom. The van der Waals surface area contributed by atoms with Crippen molar-refractivity contribution in [3.05, 3.63) is 35.9 Å². The first-order valence-electron chi connectivity index (χ1n) is 8.62. The smallest absolute Gasteiger partial charge is 0.222 e. The number of piperidine rings is 1. The van der Waals surface area contributed by atoms with Gasteiger partial charge in [0.15, 0.2) is 0 Å². The van der Waals surface area contributed by atoms with E-state index in [1.807, 2.05) is 37.2 Å². The predicted molar refractivity (Wildman–Crippen MR) is 93.3 cm³/mol. The molecule has 1 aliphatic heterocycles. The van der Waals surface area contributed by atoms with Gasteiger partial charge in [-0.3, -0.25) is 4.79 Å². The Labute approximate surface area is 140 Å². The van der Waals surface area contributed by atoms with Gasteiger partial charge in [0.1, 0.15) is 0 Å². The molecule has 0 saturated carbocycles.